The van der Waals surface area contributed by atoms with Crippen molar-refractivity contribution >= 4 is 29.5 Å². The van der Waals surface area contributed by atoms with Gasteiger partial charge in [-0.15, -0.1) is 0 Å². The number of esters is 1. The Morgan fingerprint density at radius 1 is 1.09 bits per heavy atom. The summed E-state index contributed by atoms with van der Waals surface area (Å²) in [5, 5.41) is 9.59. The highest BCUT2D eigenvalue weighted by molar-refractivity contribution is 6.37. The second-order valence-corrected chi connectivity index (χ2v) is 14.8. The summed E-state index contributed by atoms with van der Waals surface area (Å²) in [4.78, 5) is 67.6. The Morgan fingerprint density at radius 3 is 2.35 bits per heavy atom. The number of hydrogen-bond donors (Lipinski definition) is 4. The topological polar surface area (TPSA) is 173 Å². The predicted octanol–water partition coefficient (Wildman–Crippen LogP) is 2.79. The molecular weight excluding hydrogens is 590 g/mol. The third-order valence-corrected chi connectivity index (χ3v) is 9.89. The lowest BCUT2D eigenvalue weighted by Gasteiger charge is -2.39. The van der Waals surface area contributed by atoms with Gasteiger partial charge in [0.05, 0.1) is 24.6 Å². The summed E-state index contributed by atoms with van der Waals surface area (Å²) < 4.78 is 10.8. The van der Waals surface area contributed by atoms with Gasteiger partial charge in [-0.05, 0) is 54.9 Å². The number of rotatable bonds is 15. The van der Waals surface area contributed by atoms with E-state index >= 15 is 0 Å². The van der Waals surface area contributed by atoms with Crippen molar-refractivity contribution < 1.29 is 33.1 Å². The van der Waals surface area contributed by atoms with E-state index in [4.69, 9.17) is 14.9 Å². The minimum absolute atomic E-state index is 0.101. The molecule has 1 aromatic rings. The monoisotopic (exact) mass is 643 g/mol. The van der Waals surface area contributed by atoms with E-state index < -0.39 is 46.7 Å². The molecule has 2 saturated carbocycles. The fourth-order valence-corrected chi connectivity index (χ4v) is 6.97. The van der Waals surface area contributed by atoms with Crippen LogP contribution in [0.4, 0.5) is 0 Å². The number of carbonyl (C=O) groups excluding carboxylic acids is 5. The Bertz CT molecular complexity index is 1230. The smallest absolute Gasteiger partial charge is 0.326 e. The first-order valence-corrected chi connectivity index (χ1v) is 16.8. The number of hydrogen-bond acceptors (Lipinski definition) is 9. The summed E-state index contributed by atoms with van der Waals surface area (Å²) in [6.07, 6.45) is 10.0. The van der Waals surface area contributed by atoms with Crippen LogP contribution in [0.3, 0.4) is 0 Å². The highest BCUT2D eigenvalue weighted by atomic mass is 16.5. The van der Waals surface area contributed by atoms with Crippen LogP contribution in [0.5, 0.6) is 0 Å². The van der Waals surface area contributed by atoms with Crippen molar-refractivity contribution in [1.82, 2.24) is 20.9 Å². The Labute approximate surface area is 272 Å². The summed E-state index contributed by atoms with van der Waals surface area (Å²) in [6, 6.07) is -0.715. The normalized spacial score (nSPS) is 22.7. The van der Waals surface area contributed by atoms with Crippen molar-refractivity contribution in [2.24, 2.45) is 28.9 Å². The zero-order chi connectivity index (χ0) is 33.6. The van der Waals surface area contributed by atoms with Gasteiger partial charge >= 0.3 is 5.97 Å². The van der Waals surface area contributed by atoms with Crippen molar-refractivity contribution in [3.05, 3.63) is 24.2 Å². The first-order chi connectivity index (χ1) is 21.7. The van der Waals surface area contributed by atoms with Crippen LogP contribution in [0.25, 0.3) is 0 Å². The lowest BCUT2D eigenvalue weighted by Crippen LogP contribution is -2.62. The molecule has 1 saturated heterocycles. The molecule has 0 spiro atoms. The lowest BCUT2D eigenvalue weighted by atomic mass is 9.81. The highest BCUT2D eigenvalue weighted by Crippen LogP contribution is 2.36. The Balaban J connectivity index is 1.47. The minimum Gasteiger partial charge on any atom is -0.472 e. The molecule has 0 radical (unpaired) electrons. The second-order valence-electron chi connectivity index (χ2n) is 14.8. The van der Waals surface area contributed by atoms with Crippen LogP contribution in [0.2, 0.25) is 0 Å². The van der Waals surface area contributed by atoms with Gasteiger partial charge in [-0.1, -0.05) is 66.7 Å². The van der Waals surface area contributed by atoms with Crippen LogP contribution >= 0.6 is 0 Å². The molecule has 0 aromatic carbocycles. The molecule has 12 heteroatoms. The average Bonchev–Trinajstić information content (AvgIpc) is 3.46. The number of amides is 3. The Kier molecular flexibility index (Phi) is 11.7. The third kappa shape index (κ3) is 8.76. The molecule has 2 heterocycles. The van der Waals surface area contributed by atoms with Crippen molar-refractivity contribution in [2.45, 2.75) is 123 Å². The summed E-state index contributed by atoms with van der Waals surface area (Å²) in [6.45, 7) is 10.6. The van der Waals surface area contributed by atoms with E-state index in [1.807, 2.05) is 34.6 Å². The van der Waals surface area contributed by atoms with Crippen LogP contribution in [0.1, 0.15) is 98.0 Å². The summed E-state index contributed by atoms with van der Waals surface area (Å²) in [5.74, 6) is -2.61. The van der Waals surface area contributed by atoms with Gasteiger partial charge in [0.15, 0.2) is 0 Å². The maximum Gasteiger partial charge on any atom is 0.326 e. The predicted molar refractivity (Wildman–Crippen MR) is 171 cm³/mol. The molecule has 256 valence electrons. The number of nitrogens with two attached hydrogens (primary N) is 1. The molecule has 12 nitrogen and oxygen atoms in total. The van der Waals surface area contributed by atoms with E-state index in [2.05, 4.69) is 16.0 Å². The standard InChI is InChI=1S/C34H53N5O7/c1-21(2)24-11-15-39(26(24)30(42)38-25(17-22-9-10-22)27(40)29(35)41)31(43)28(33(3,4)5)36-20-37-34(13-7-6-8-14-34)32(44)46-19-23-12-16-45-18-23/h12,16,18,21-22,24-26,28,36-37H,6-11,13-15,17,19-20H2,1-5H3,(H2,35,41)(H,38,42)/t24-,25?,26+,28-/m1/s1. The van der Waals surface area contributed by atoms with E-state index in [0.29, 0.717) is 32.2 Å². The van der Waals surface area contributed by atoms with Crippen molar-refractivity contribution in [3.63, 3.8) is 0 Å². The van der Waals surface area contributed by atoms with Crippen molar-refractivity contribution in [2.75, 3.05) is 13.2 Å². The molecule has 3 aliphatic rings. The van der Waals surface area contributed by atoms with Crippen LogP contribution in [0, 0.1) is 23.2 Å². The number of likely N-dealkylation sites (tertiary alicyclic amines) is 1. The number of furan rings is 1. The molecule has 3 amide bonds. The molecule has 1 aromatic heterocycles. The molecule has 0 bridgehead atoms. The fourth-order valence-electron chi connectivity index (χ4n) is 6.97. The lowest BCUT2D eigenvalue weighted by molar-refractivity contribution is -0.155. The van der Waals surface area contributed by atoms with Gasteiger partial charge in [-0.3, -0.25) is 34.6 Å². The van der Waals surface area contributed by atoms with E-state index in [1.54, 1.807) is 17.2 Å². The van der Waals surface area contributed by atoms with Crippen LogP contribution in [-0.4, -0.2) is 71.3 Å². The molecule has 1 unspecified atom stereocenters. The maximum atomic E-state index is 14.3. The van der Waals surface area contributed by atoms with Crippen LogP contribution in [-0.2, 0) is 35.3 Å². The van der Waals surface area contributed by atoms with Gasteiger partial charge in [-0.2, -0.15) is 0 Å². The molecule has 5 N–H and O–H groups in total. The number of primary amides is 1. The van der Waals surface area contributed by atoms with Gasteiger partial charge < -0.3 is 25.1 Å². The molecule has 2 aliphatic carbocycles. The van der Waals surface area contributed by atoms with E-state index in [9.17, 15) is 24.0 Å². The number of carbonyl (C=O) groups is 5. The SMILES string of the molecule is CC(C)[C@H]1CCN(C(=O)[C@@H](NCNC2(C(=O)OCc3ccoc3)CCCCC2)C(C)(C)C)[C@@H]1C(=O)NC(CC1CC1)C(=O)C(N)=O. The van der Waals surface area contributed by atoms with Crippen molar-refractivity contribution in [3.8, 4) is 0 Å². The zero-order valence-electron chi connectivity index (χ0n) is 28.1. The number of nitrogens with one attached hydrogen (secondary N) is 3. The Morgan fingerprint density at radius 2 is 1.78 bits per heavy atom. The summed E-state index contributed by atoms with van der Waals surface area (Å²) >= 11 is 0. The number of ketones is 1. The fraction of sp³-hybridized carbons (Fsp3) is 0.735. The first kappa shape index (κ1) is 35.6. The average molecular weight is 644 g/mol. The van der Waals surface area contributed by atoms with Gasteiger partial charge in [0.2, 0.25) is 17.6 Å². The second kappa shape index (κ2) is 15.1. The van der Waals surface area contributed by atoms with Gasteiger partial charge in [0.1, 0.15) is 18.2 Å². The van der Waals surface area contributed by atoms with Crippen molar-refractivity contribution in [1.29, 1.82) is 0 Å². The zero-order valence-corrected chi connectivity index (χ0v) is 28.1. The molecule has 1 aliphatic heterocycles. The van der Waals surface area contributed by atoms with E-state index in [1.165, 1.54) is 6.26 Å². The third-order valence-electron chi connectivity index (χ3n) is 9.89. The summed E-state index contributed by atoms with van der Waals surface area (Å²) in [5.41, 5.74) is 4.69. The Hall–Kier alpha value is -3.25. The molecular formula is C34H53N5O7. The molecule has 46 heavy (non-hydrogen) atoms. The number of ether oxygens (including phenoxy) is 1. The highest BCUT2D eigenvalue weighted by Gasteiger charge is 2.48. The van der Waals surface area contributed by atoms with Gasteiger partial charge in [0.25, 0.3) is 5.91 Å². The molecule has 3 fully saturated rings. The first-order valence-electron chi connectivity index (χ1n) is 16.8. The number of Topliss-reactive ketones (excluding diaryl/α,β-unsaturated/α-hetero) is 1. The van der Waals surface area contributed by atoms with Crippen LogP contribution < -0.4 is 21.7 Å². The largest absolute Gasteiger partial charge is 0.472 e. The maximum absolute atomic E-state index is 14.3. The van der Waals surface area contributed by atoms with Gasteiger partial charge in [0, 0.05) is 18.8 Å². The molecule has 4 atom stereocenters. The quantitative estimate of drug-likeness (QED) is 0.127. The van der Waals surface area contributed by atoms with E-state index in [-0.39, 0.29) is 42.9 Å². The van der Waals surface area contributed by atoms with Crippen LogP contribution in [0.15, 0.2) is 23.0 Å². The number of nitrogens with zero attached hydrogens (tertiary/aromatic N) is 1. The summed E-state index contributed by atoms with van der Waals surface area (Å²) in [7, 11) is 0. The molecule has 4 rings (SSSR count). The van der Waals surface area contributed by atoms with Gasteiger partial charge in [-0.25, -0.2) is 0 Å². The van der Waals surface area contributed by atoms with E-state index in [0.717, 1.165) is 37.7 Å². The minimum atomic E-state index is -1.07.